The van der Waals surface area contributed by atoms with Crippen molar-refractivity contribution < 1.29 is 23.1 Å². The molecule has 2 amide bonds. The Morgan fingerprint density at radius 1 is 1.21 bits per heavy atom. The van der Waals surface area contributed by atoms with Crippen molar-refractivity contribution in [1.82, 2.24) is 10.2 Å². The van der Waals surface area contributed by atoms with E-state index in [9.17, 15) is 14.0 Å². The molecule has 0 unspecified atom stereocenters. The molecular formula is C20H17FN4O4. The minimum absolute atomic E-state index is 0.0384. The van der Waals surface area contributed by atoms with Crippen LogP contribution >= 0.6 is 0 Å². The number of methoxy groups -OCH3 is 1. The van der Waals surface area contributed by atoms with Gasteiger partial charge in [0.1, 0.15) is 11.6 Å². The molecule has 0 spiro atoms. The number of nitrogens with one attached hydrogen (secondary N) is 1. The maximum absolute atomic E-state index is 13.1. The summed E-state index contributed by atoms with van der Waals surface area (Å²) in [6, 6.07) is 12.6. The normalized spacial score (nSPS) is 16.1. The average molecular weight is 396 g/mol. The number of halogens is 1. The Kier molecular flexibility index (Phi) is 4.94. The second-order valence-corrected chi connectivity index (χ2v) is 6.48. The zero-order valence-corrected chi connectivity index (χ0v) is 15.5. The highest BCUT2D eigenvalue weighted by molar-refractivity contribution is 6.03. The topological polar surface area (TPSA) is 97.6 Å². The molecule has 0 saturated carbocycles. The van der Waals surface area contributed by atoms with Crippen molar-refractivity contribution in [3.05, 3.63) is 54.3 Å². The van der Waals surface area contributed by atoms with Gasteiger partial charge in [0.2, 0.25) is 11.8 Å². The second-order valence-electron chi connectivity index (χ2n) is 6.48. The van der Waals surface area contributed by atoms with E-state index in [-0.39, 0.29) is 30.8 Å². The predicted molar refractivity (Wildman–Crippen MR) is 102 cm³/mol. The van der Waals surface area contributed by atoms with Crippen LogP contribution in [0.1, 0.15) is 6.42 Å². The maximum atomic E-state index is 13.1. The third-order valence-electron chi connectivity index (χ3n) is 4.63. The third-order valence-corrected chi connectivity index (χ3v) is 4.63. The van der Waals surface area contributed by atoms with Crippen LogP contribution in [0.5, 0.6) is 5.75 Å². The average Bonchev–Trinajstić information content (AvgIpc) is 3.35. The first-order valence-electron chi connectivity index (χ1n) is 8.89. The minimum Gasteiger partial charge on any atom is -0.496 e. The van der Waals surface area contributed by atoms with Crippen LogP contribution in [0.4, 0.5) is 16.1 Å². The monoisotopic (exact) mass is 396 g/mol. The molecule has 148 valence electrons. The summed E-state index contributed by atoms with van der Waals surface area (Å²) in [6.45, 7) is 0.184. The van der Waals surface area contributed by atoms with Gasteiger partial charge < -0.3 is 14.1 Å². The molecule has 1 fully saturated rings. The van der Waals surface area contributed by atoms with Gasteiger partial charge in [-0.15, -0.1) is 5.10 Å². The summed E-state index contributed by atoms with van der Waals surface area (Å²) in [7, 11) is 1.53. The number of amides is 2. The molecule has 0 aliphatic carbocycles. The van der Waals surface area contributed by atoms with Gasteiger partial charge in [0, 0.05) is 18.7 Å². The number of hydrogen-bond acceptors (Lipinski definition) is 6. The quantitative estimate of drug-likeness (QED) is 0.712. The number of carbonyl (C=O) groups is 2. The van der Waals surface area contributed by atoms with Crippen LogP contribution in [0.2, 0.25) is 0 Å². The van der Waals surface area contributed by atoms with Crippen LogP contribution in [0, 0.1) is 11.7 Å². The Balaban J connectivity index is 1.44. The largest absolute Gasteiger partial charge is 0.496 e. The van der Waals surface area contributed by atoms with Crippen molar-refractivity contribution in [3.8, 4) is 17.2 Å². The summed E-state index contributed by atoms with van der Waals surface area (Å²) in [6.07, 6.45) is 0.0384. The molecule has 3 aromatic rings. The molecule has 8 nitrogen and oxygen atoms in total. The highest BCUT2D eigenvalue weighted by Gasteiger charge is 2.35. The lowest BCUT2D eigenvalue weighted by Gasteiger charge is -2.16. The number of ether oxygens (including phenoxy) is 1. The Labute approximate surface area is 165 Å². The molecule has 0 bridgehead atoms. The Bertz CT molecular complexity index is 1050. The number of rotatable bonds is 5. The number of nitrogens with zero attached hydrogens (tertiary/aromatic N) is 3. The Hall–Kier alpha value is -3.75. The van der Waals surface area contributed by atoms with E-state index in [1.54, 1.807) is 18.2 Å². The van der Waals surface area contributed by atoms with E-state index in [1.165, 1.54) is 36.3 Å². The molecule has 1 saturated heterocycles. The molecular weight excluding hydrogens is 379 g/mol. The lowest BCUT2D eigenvalue weighted by molar-refractivity contribution is -0.122. The summed E-state index contributed by atoms with van der Waals surface area (Å²) in [5, 5.41) is 10.3. The zero-order chi connectivity index (χ0) is 20.4. The van der Waals surface area contributed by atoms with Gasteiger partial charge in [-0.1, -0.05) is 17.2 Å². The fourth-order valence-corrected chi connectivity index (χ4v) is 3.17. The van der Waals surface area contributed by atoms with Gasteiger partial charge in [0.15, 0.2) is 0 Å². The van der Waals surface area contributed by atoms with Crippen LogP contribution in [0.25, 0.3) is 11.5 Å². The number of anilines is 2. The Morgan fingerprint density at radius 3 is 2.72 bits per heavy atom. The molecule has 1 aliphatic heterocycles. The standard InChI is InChI=1S/C20H17FN4O4/c1-28-16-5-3-2-4-15(16)19-23-24-20(29-19)22-18(27)12-10-17(26)25(11-12)14-8-6-13(21)7-9-14/h2-9,12H,10-11H2,1H3,(H,22,24,27)/t12-/m0/s1. The second kappa shape index (κ2) is 7.70. The zero-order valence-electron chi connectivity index (χ0n) is 15.5. The van der Waals surface area contributed by atoms with Gasteiger partial charge in [-0.2, -0.15) is 0 Å². The molecule has 1 aliphatic rings. The number of hydrogen-bond donors (Lipinski definition) is 1. The van der Waals surface area contributed by atoms with Crippen molar-refractivity contribution in [2.75, 3.05) is 23.9 Å². The highest BCUT2D eigenvalue weighted by Crippen LogP contribution is 2.30. The van der Waals surface area contributed by atoms with Crippen LogP contribution in [-0.4, -0.2) is 35.7 Å². The van der Waals surface area contributed by atoms with E-state index in [0.29, 0.717) is 17.0 Å². The molecule has 1 N–H and O–H groups in total. The maximum Gasteiger partial charge on any atom is 0.322 e. The number of carbonyl (C=O) groups excluding carboxylic acids is 2. The van der Waals surface area contributed by atoms with Crippen LogP contribution < -0.4 is 15.0 Å². The minimum atomic E-state index is -0.589. The summed E-state index contributed by atoms with van der Waals surface area (Å²) in [4.78, 5) is 26.3. The summed E-state index contributed by atoms with van der Waals surface area (Å²) in [5.74, 6) is -0.833. The van der Waals surface area contributed by atoms with E-state index < -0.39 is 17.6 Å². The van der Waals surface area contributed by atoms with Gasteiger partial charge in [-0.25, -0.2) is 4.39 Å². The molecule has 1 atom stereocenters. The highest BCUT2D eigenvalue weighted by atomic mass is 19.1. The number of benzene rings is 2. The fraction of sp³-hybridized carbons (Fsp3) is 0.200. The molecule has 2 heterocycles. The van der Waals surface area contributed by atoms with Gasteiger partial charge >= 0.3 is 6.01 Å². The van der Waals surface area contributed by atoms with E-state index in [4.69, 9.17) is 9.15 Å². The SMILES string of the molecule is COc1ccccc1-c1nnc(NC(=O)[C@H]2CC(=O)N(c3ccc(F)cc3)C2)o1. The van der Waals surface area contributed by atoms with Gasteiger partial charge in [0.05, 0.1) is 18.6 Å². The van der Waals surface area contributed by atoms with E-state index in [0.717, 1.165) is 0 Å². The summed E-state index contributed by atoms with van der Waals surface area (Å²) >= 11 is 0. The van der Waals surface area contributed by atoms with Crippen molar-refractivity contribution in [3.63, 3.8) is 0 Å². The molecule has 4 rings (SSSR count). The number of aromatic nitrogens is 2. The summed E-state index contributed by atoms with van der Waals surface area (Å²) < 4.78 is 23.9. The number of para-hydroxylation sites is 1. The lowest BCUT2D eigenvalue weighted by atomic mass is 10.1. The van der Waals surface area contributed by atoms with Crippen LogP contribution in [0.15, 0.2) is 52.9 Å². The lowest BCUT2D eigenvalue weighted by Crippen LogP contribution is -2.28. The molecule has 29 heavy (non-hydrogen) atoms. The fourth-order valence-electron chi connectivity index (χ4n) is 3.17. The molecule has 1 aromatic heterocycles. The van der Waals surface area contributed by atoms with Crippen molar-refractivity contribution in [1.29, 1.82) is 0 Å². The van der Waals surface area contributed by atoms with E-state index >= 15 is 0 Å². The van der Waals surface area contributed by atoms with Crippen molar-refractivity contribution in [2.45, 2.75) is 6.42 Å². The van der Waals surface area contributed by atoms with E-state index in [1.807, 2.05) is 6.07 Å². The molecule has 0 radical (unpaired) electrons. The first kappa shape index (κ1) is 18.6. The molecule has 2 aromatic carbocycles. The Morgan fingerprint density at radius 2 is 1.97 bits per heavy atom. The third kappa shape index (κ3) is 3.79. The van der Waals surface area contributed by atoms with E-state index in [2.05, 4.69) is 15.5 Å². The van der Waals surface area contributed by atoms with Gasteiger partial charge in [-0.3, -0.25) is 14.9 Å². The molecule has 9 heteroatoms. The van der Waals surface area contributed by atoms with Crippen molar-refractivity contribution >= 4 is 23.5 Å². The predicted octanol–water partition coefficient (Wildman–Crippen LogP) is 2.88. The van der Waals surface area contributed by atoms with Crippen molar-refractivity contribution in [2.24, 2.45) is 5.92 Å². The van der Waals surface area contributed by atoms with Gasteiger partial charge in [0.25, 0.3) is 5.89 Å². The summed E-state index contributed by atoms with van der Waals surface area (Å²) in [5.41, 5.74) is 1.14. The first-order chi connectivity index (χ1) is 14.0. The van der Waals surface area contributed by atoms with Crippen LogP contribution in [-0.2, 0) is 9.59 Å². The van der Waals surface area contributed by atoms with Crippen LogP contribution in [0.3, 0.4) is 0 Å². The van der Waals surface area contributed by atoms with Gasteiger partial charge in [-0.05, 0) is 36.4 Å². The smallest absolute Gasteiger partial charge is 0.322 e. The first-order valence-corrected chi connectivity index (χ1v) is 8.89.